The van der Waals surface area contributed by atoms with Crippen LogP contribution in [0.4, 0.5) is 0 Å². The molecule has 0 aliphatic heterocycles. The molecule has 2 heterocycles. The molecule has 0 amide bonds. The fourth-order valence-corrected chi connectivity index (χ4v) is 2.42. The van der Waals surface area contributed by atoms with E-state index in [1.54, 1.807) is 6.20 Å². The van der Waals surface area contributed by atoms with E-state index in [2.05, 4.69) is 27.5 Å². The van der Waals surface area contributed by atoms with Gasteiger partial charge in [0.2, 0.25) is 5.89 Å². The van der Waals surface area contributed by atoms with Gasteiger partial charge in [-0.25, -0.2) is 4.98 Å². The zero-order valence-corrected chi connectivity index (χ0v) is 11.3. The average Bonchev–Trinajstić information content (AvgIpc) is 3.09. The molecule has 1 aliphatic rings. The highest BCUT2D eigenvalue weighted by molar-refractivity contribution is 5.91. The number of hydrogen-bond acceptors (Lipinski definition) is 4. The molecule has 0 atom stereocenters. The molecule has 0 unspecified atom stereocenters. The topological polar surface area (TPSA) is 55.9 Å². The van der Waals surface area contributed by atoms with Gasteiger partial charge in [-0.05, 0) is 18.9 Å². The highest BCUT2D eigenvalue weighted by Crippen LogP contribution is 2.28. The number of para-hydroxylation sites is 1. The lowest BCUT2D eigenvalue weighted by Gasteiger charge is -1.96. The average molecular weight is 268 g/mol. The molecule has 0 radical (unpaired) electrons. The largest absolute Gasteiger partial charge is 0.438 e. The van der Waals surface area contributed by atoms with E-state index in [1.807, 2.05) is 23.9 Å². The second-order valence-electron chi connectivity index (χ2n) is 5.26. The Morgan fingerprint density at radius 1 is 1.35 bits per heavy atom. The summed E-state index contributed by atoms with van der Waals surface area (Å²) in [4.78, 5) is 4.33. The van der Waals surface area contributed by atoms with Crippen molar-refractivity contribution in [1.82, 2.24) is 20.1 Å². The highest BCUT2D eigenvalue weighted by atomic mass is 16.4. The van der Waals surface area contributed by atoms with Crippen LogP contribution < -0.4 is 5.32 Å². The van der Waals surface area contributed by atoms with Gasteiger partial charge >= 0.3 is 0 Å². The number of nitrogens with one attached hydrogen (secondary N) is 1. The van der Waals surface area contributed by atoms with E-state index in [0.29, 0.717) is 12.6 Å². The minimum Gasteiger partial charge on any atom is -0.438 e. The third-order valence-electron chi connectivity index (χ3n) is 3.66. The van der Waals surface area contributed by atoms with Gasteiger partial charge in [0.25, 0.3) is 0 Å². The molecule has 0 bridgehead atoms. The molecular formula is C15H16N4O. The SMILES string of the molecule is Cn1nc(-c2cnc(CNC3CC3)o2)c2ccccc21. The maximum absolute atomic E-state index is 5.82. The summed E-state index contributed by atoms with van der Waals surface area (Å²) in [5, 5.41) is 9.03. The lowest BCUT2D eigenvalue weighted by molar-refractivity contribution is 0.475. The lowest BCUT2D eigenvalue weighted by Crippen LogP contribution is -2.15. The van der Waals surface area contributed by atoms with Crippen LogP contribution in [0.3, 0.4) is 0 Å². The first-order valence-corrected chi connectivity index (χ1v) is 6.91. The van der Waals surface area contributed by atoms with E-state index in [0.717, 1.165) is 28.2 Å². The fraction of sp³-hybridized carbons (Fsp3) is 0.333. The Hall–Kier alpha value is -2.14. The summed E-state index contributed by atoms with van der Waals surface area (Å²) < 4.78 is 7.69. The van der Waals surface area contributed by atoms with E-state index in [9.17, 15) is 0 Å². The van der Waals surface area contributed by atoms with Gasteiger partial charge in [-0.1, -0.05) is 18.2 Å². The molecule has 0 spiro atoms. The summed E-state index contributed by atoms with van der Waals surface area (Å²) in [5.74, 6) is 1.45. The first kappa shape index (κ1) is 11.7. The number of fused-ring (bicyclic) bond motifs is 1. The van der Waals surface area contributed by atoms with Crippen molar-refractivity contribution < 1.29 is 4.42 Å². The van der Waals surface area contributed by atoms with Gasteiger partial charge in [-0.3, -0.25) is 4.68 Å². The van der Waals surface area contributed by atoms with E-state index < -0.39 is 0 Å². The molecule has 5 heteroatoms. The van der Waals surface area contributed by atoms with Gasteiger partial charge in [-0.2, -0.15) is 5.10 Å². The minimum absolute atomic E-state index is 0.654. The standard InChI is InChI=1S/C15H16N4O/c1-19-12-5-3-2-4-11(12)15(18-19)13-8-17-14(20-13)9-16-10-6-7-10/h2-5,8,10,16H,6-7,9H2,1H3. The Kier molecular flexibility index (Phi) is 2.60. The molecular weight excluding hydrogens is 252 g/mol. The van der Waals surface area contributed by atoms with E-state index in [-0.39, 0.29) is 0 Å². The maximum atomic E-state index is 5.82. The summed E-state index contributed by atoms with van der Waals surface area (Å²) >= 11 is 0. The van der Waals surface area contributed by atoms with Gasteiger partial charge in [0, 0.05) is 18.5 Å². The molecule has 3 aromatic rings. The second-order valence-corrected chi connectivity index (χ2v) is 5.26. The molecule has 20 heavy (non-hydrogen) atoms. The molecule has 1 saturated carbocycles. The van der Waals surface area contributed by atoms with Crippen LogP contribution in [0.2, 0.25) is 0 Å². The van der Waals surface area contributed by atoms with Crippen LogP contribution in [0.5, 0.6) is 0 Å². The van der Waals surface area contributed by atoms with Gasteiger partial charge < -0.3 is 9.73 Å². The molecule has 0 saturated heterocycles. The van der Waals surface area contributed by atoms with E-state index in [1.165, 1.54) is 12.8 Å². The molecule has 1 fully saturated rings. The minimum atomic E-state index is 0.654. The van der Waals surface area contributed by atoms with Crippen molar-refractivity contribution in [1.29, 1.82) is 0 Å². The van der Waals surface area contributed by atoms with Gasteiger partial charge in [-0.15, -0.1) is 0 Å². The molecule has 1 N–H and O–H groups in total. The fourth-order valence-electron chi connectivity index (χ4n) is 2.42. The number of nitrogens with zero attached hydrogens (tertiary/aromatic N) is 3. The van der Waals surface area contributed by atoms with Crippen LogP contribution in [0.15, 0.2) is 34.9 Å². The molecule has 102 valence electrons. The normalized spacial score (nSPS) is 15.1. The predicted octanol–water partition coefficient (Wildman–Crippen LogP) is 2.48. The van der Waals surface area contributed by atoms with Crippen molar-refractivity contribution >= 4 is 10.9 Å². The summed E-state index contributed by atoms with van der Waals surface area (Å²) in [6.07, 6.45) is 4.29. The van der Waals surface area contributed by atoms with Crippen LogP contribution >= 0.6 is 0 Å². The molecule has 4 rings (SSSR count). The van der Waals surface area contributed by atoms with Crippen molar-refractivity contribution in [2.75, 3.05) is 0 Å². The third-order valence-corrected chi connectivity index (χ3v) is 3.66. The monoisotopic (exact) mass is 268 g/mol. The molecule has 2 aromatic heterocycles. The highest BCUT2D eigenvalue weighted by Gasteiger charge is 2.21. The summed E-state index contributed by atoms with van der Waals surface area (Å²) in [6.45, 7) is 0.690. The maximum Gasteiger partial charge on any atom is 0.208 e. The number of rotatable bonds is 4. The van der Waals surface area contributed by atoms with Crippen LogP contribution in [0.1, 0.15) is 18.7 Å². The molecule has 5 nitrogen and oxygen atoms in total. The smallest absolute Gasteiger partial charge is 0.208 e. The van der Waals surface area contributed by atoms with E-state index in [4.69, 9.17) is 4.42 Å². The zero-order valence-electron chi connectivity index (χ0n) is 11.3. The van der Waals surface area contributed by atoms with Gasteiger partial charge in [0.1, 0.15) is 5.69 Å². The summed E-state index contributed by atoms with van der Waals surface area (Å²) in [5.41, 5.74) is 1.95. The third kappa shape index (κ3) is 2.00. The molecule has 1 aromatic carbocycles. The van der Waals surface area contributed by atoms with Crippen molar-refractivity contribution in [2.45, 2.75) is 25.4 Å². The first-order chi connectivity index (χ1) is 9.81. The van der Waals surface area contributed by atoms with Crippen molar-refractivity contribution in [3.05, 3.63) is 36.4 Å². The van der Waals surface area contributed by atoms with Crippen molar-refractivity contribution in [3.8, 4) is 11.5 Å². The van der Waals surface area contributed by atoms with Crippen LogP contribution in [-0.2, 0) is 13.6 Å². The Morgan fingerprint density at radius 2 is 2.20 bits per heavy atom. The molecule has 1 aliphatic carbocycles. The number of oxazole rings is 1. The lowest BCUT2D eigenvalue weighted by atomic mass is 10.2. The Bertz CT molecular complexity index is 754. The van der Waals surface area contributed by atoms with E-state index >= 15 is 0 Å². The number of aryl methyl sites for hydroxylation is 1. The van der Waals surface area contributed by atoms with Crippen molar-refractivity contribution in [2.24, 2.45) is 7.05 Å². The Morgan fingerprint density at radius 3 is 3.05 bits per heavy atom. The summed E-state index contributed by atoms with van der Waals surface area (Å²) in [7, 11) is 1.94. The van der Waals surface area contributed by atoms with Crippen molar-refractivity contribution in [3.63, 3.8) is 0 Å². The van der Waals surface area contributed by atoms with Crippen LogP contribution in [-0.4, -0.2) is 20.8 Å². The Labute approximate surface area is 116 Å². The Balaban J connectivity index is 1.68. The zero-order chi connectivity index (χ0) is 13.5. The summed E-state index contributed by atoms with van der Waals surface area (Å²) in [6, 6.07) is 8.79. The van der Waals surface area contributed by atoms with Crippen LogP contribution in [0, 0.1) is 0 Å². The van der Waals surface area contributed by atoms with Gasteiger partial charge in [0.05, 0.1) is 18.3 Å². The first-order valence-electron chi connectivity index (χ1n) is 6.91. The number of benzene rings is 1. The van der Waals surface area contributed by atoms with Gasteiger partial charge in [0.15, 0.2) is 5.76 Å². The number of aromatic nitrogens is 3. The number of hydrogen-bond donors (Lipinski definition) is 1. The van der Waals surface area contributed by atoms with Crippen LogP contribution in [0.25, 0.3) is 22.4 Å². The second kappa shape index (κ2) is 4.45. The quantitative estimate of drug-likeness (QED) is 0.789. The predicted molar refractivity (Wildman–Crippen MR) is 76.1 cm³/mol.